The fourth-order valence-electron chi connectivity index (χ4n) is 7.60. The zero-order valence-corrected chi connectivity index (χ0v) is 27.3. The van der Waals surface area contributed by atoms with Gasteiger partial charge >= 0.3 is 0 Å². The molecule has 10 rings (SSSR count). The molecule has 0 amide bonds. The molecule has 0 saturated heterocycles. The summed E-state index contributed by atoms with van der Waals surface area (Å²) < 4.78 is 6.51. The molecule has 2 heteroatoms. The van der Waals surface area contributed by atoms with Crippen molar-refractivity contribution in [3.8, 4) is 22.3 Å². The smallest absolute Gasteiger partial charge is 0.143 e. The summed E-state index contributed by atoms with van der Waals surface area (Å²) in [5, 5.41) is 9.40. The highest BCUT2D eigenvalue weighted by Gasteiger charge is 2.18. The van der Waals surface area contributed by atoms with Gasteiger partial charge in [0.2, 0.25) is 0 Å². The largest absolute Gasteiger partial charge is 0.455 e. The monoisotopic (exact) mass is 637 g/mol. The van der Waals surface area contributed by atoms with E-state index < -0.39 is 0 Å². The molecule has 9 aromatic carbocycles. The van der Waals surface area contributed by atoms with Crippen molar-refractivity contribution in [2.75, 3.05) is 4.90 Å². The van der Waals surface area contributed by atoms with Crippen LogP contribution in [-0.2, 0) is 0 Å². The third-order valence-electron chi connectivity index (χ3n) is 10.0. The van der Waals surface area contributed by atoms with Gasteiger partial charge in [0.15, 0.2) is 0 Å². The second kappa shape index (κ2) is 11.5. The molecule has 0 atom stereocenters. The molecule has 234 valence electrons. The molecule has 0 fully saturated rings. The van der Waals surface area contributed by atoms with Crippen LogP contribution in [0.5, 0.6) is 0 Å². The molecule has 50 heavy (non-hydrogen) atoms. The van der Waals surface area contributed by atoms with Gasteiger partial charge in [-0.25, -0.2) is 0 Å². The third kappa shape index (κ3) is 4.65. The molecular formula is C48H31NO. The Labute approximate surface area is 290 Å². The average Bonchev–Trinajstić information content (AvgIpc) is 3.58. The fourth-order valence-corrected chi connectivity index (χ4v) is 7.60. The third-order valence-corrected chi connectivity index (χ3v) is 10.0. The van der Waals surface area contributed by atoms with Crippen LogP contribution in [0, 0.1) is 0 Å². The van der Waals surface area contributed by atoms with Crippen LogP contribution in [0.15, 0.2) is 192 Å². The molecular weight excluding hydrogens is 607 g/mol. The standard InChI is InChI=1S/C48H31NO/c1-2-10-32(11-3-1)36-14-8-15-37(30-36)33-22-25-39(26-23-33)49(45-18-9-13-34-12-4-5-16-41(34)45)40-27-29-42-38(31-40)21-20-35-24-28-44-43-17-6-7-19-46(43)50-48(44)47(35)42/h1-31H. The lowest BCUT2D eigenvalue weighted by atomic mass is 9.98. The van der Waals surface area contributed by atoms with E-state index >= 15 is 0 Å². The van der Waals surface area contributed by atoms with Crippen LogP contribution in [-0.4, -0.2) is 0 Å². The quantitative estimate of drug-likeness (QED) is 0.175. The van der Waals surface area contributed by atoms with Crippen LogP contribution in [0.4, 0.5) is 17.1 Å². The molecule has 0 N–H and O–H groups in total. The topological polar surface area (TPSA) is 16.4 Å². The highest BCUT2D eigenvalue weighted by atomic mass is 16.3. The van der Waals surface area contributed by atoms with Crippen LogP contribution < -0.4 is 4.90 Å². The molecule has 0 radical (unpaired) electrons. The molecule has 0 bridgehead atoms. The summed E-state index contributed by atoms with van der Waals surface area (Å²) in [5.74, 6) is 0. The van der Waals surface area contributed by atoms with Gasteiger partial charge < -0.3 is 9.32 Å². The number of benzene rings is 9. The first-order valence-electron chi connectivity index (χ1n) is 17.1. The summed E-state index contributed by atoms with van der Waals surface area (Å²) in [5.41, 5.74) is 10.0. The molecule has 0 unspecified atom stereocenters. The Morgan fingerprint density at radius 1 is 0.340 bits per heavy atom. The van der Waals surface area contributed by atoms with E-state index in [1.54, 1.807) is 0 Å². The second-order valence-corrected chi connectivity index (χ2v) is 12.9. The van der Waals surface area contributed by atoms with Crippen molar-refractivity contribution >= 4 is 71.3 Å². The Hall–Kier alpha value is -6.64. The normalized spacial score (nSPS) is 11.6. The minimum absolute atomic E-state index is 0.918. The summed E-state index contributed by atoms with van der Waals surface area (Å²) in [6.07, 6.45) is 0. The molecule has 1 heterocycles. The Morgan fingerprint density at radius 3 is 1.82 bits per heavy atom. The van der Waals surface area contributed by atoms with E-state index in [9.17, 15) is 0 Å². The van der Waals surface area contributed by atoms with Crippen molar-refractivity contribution in [2.24, 2.45) is 0 Å². The first kappa shape index (κ1) is 28.4. The summed E-state index contributed by atoms with van der Waals surface area (Å²) in [6.45, 7) is 0. The van der Waals surface area contributed by atoms with Crippen LogP contribution in [0.25, 0.3) is 76.5 Å². The van der Waals surface area contributed by atoms with E-state index in [-0.39, 0.29) is 0 Å². The number of nitrogens with zero attached hydrogens (tertiary/aromatic N) is 1. The summed E-state index contributed by atoms with van der Waals surface area (Å²) in [4.78, 5) is 2.39. The zero-order chi connectivity index (χ0) is 33.0. The predicted octanol–water partition coefficient (Wildman–Crippen LogP) is 13.8. The molecule has 1 aromatic heterocycles. The SMILES string of the molecule is c1ccc(-c2cccc(-c3ccc(N(c4ccc5c(ccc6ccc7c8ccccc8oc7c65)c4)c4cccc5ccccc45)cc3)c2)cc1. The zero-order valence-electron chi connectivity index (χ0n) is 27.3. The lowest BCUT2D eigenvalue weighted by molar-refractivity contribution is 0.673. The number of hydrogen-bond acceptors (Lipinski definition) is 2. The van der Waals surface area contributed by atoms with E-state index in [4.69, 9.17) is 4.42 Å². The van der Waals surface area contributed by atoms with Gasteiger partial charge in [-0.3, -0.25) is 0 Å². The molecule has 2 nitrogen and oxygen atoms in total. The number of rotatable bonds is 5. The Balaban J connectivity index is 1.13. The maximum atomic E-state index is 6.51. The fraction of sp³-hybridized carbons (Fsp3) is 0. The number of para-hydroxylation sites is 1. The summed E-state index contributed by atoms with van der Waals surface area (Å²) in [6, 6.07) is 67.5. The molecule has 0 aliphatic carbocycles. The van der Waals surface area contributed by atoms with E-state index in [1.165, 1.54) is 49.2 Å². The maximum absolute atomic E-state index is 6.51. The Morgan fingerprint density at radius 2 is 0.960 bits per heavy atom. The van der Waals surface area contributed by atoms with Gasteiger partial charge in [-0.15, -0.1) is 0 Å². The van der Waals surface area contributed by atoms with Gasteiger partial charge in [-0.1, -0.05) is 140 Å². The number of fused-ring (bicyclic) bond motifs is 8. The van der Waals surface area contributed by atoms with Gasteiger partial charge in [0, 0.05) is 32.9 Å². The van der Waals surface area contributed by atoms with Gasteiger partial charge in [-0.2, -0.15) is 0 Å². The van der Waals surface area contributed by atoms with Gasteiger partial charge in [0.05, 0.1) is 5.69 Å². The number of hydrogen-bond donors (Lipinski definition) is 0. The van der Waals surface area contributed by atoms with Crippen molar-refractivity contribution in [2.45, 2.75) is 0 Å². The minimum Gasteiger partial charge on any atom is -0.455 e. The van der Waals surface area contributed by atoms with Crippen molar-refractivity contribution in [1.82, 2.24) is 0 Å². The van der Waals surface area contributed by atoms with Gasteiger partial charge in [-0.05, 0) is 92.3 Å². The van der Waals surface area contributed by atoms with Crippen molar-refractivity contribution in [3.05, 3.63) is 188 Å². The first-order valence-corrected chi connectivity index (χ1v) is 17.1. The highest BCUT2D eigenvalue weighted by molar-refractivity contribution is 6.23. The van der Waals surface area contributed by atoms with E-state index in [2.05, 4.69) is 187 Å². The average molecular weight is 638 g/mol. The van der Waals surface area contributed by atoms with Crippen molar-refractivity contribution < 1.29 is 4.42 Å². The molecule has 10 aromatic rings. The molecule has 0 aliphatic heterocycles. The van der Waals surface area contributed by atoms with Crippen LogP contribution in [0.3, 0.4) is 0 Å². The Kier molecular flexibility index (Phi) is 6.53. The van der Waals surface area contributed by atoms with Gasteiger partial charge in [0.1, 0.15) is 11.2 Å². The van der Waals surface area contributed by atoms with Crippen LogP contribution >= 0.6 is 0 Å². The number of anilines is 3. The van der Waals surface area contributed by atoms with Gasteiger partial charge in [0.25, 0.3) is 0 Å². The van der Waals surface area contributed by atoms with E-state index in [1.807, 2.05) is 6.07 Å². The molecule has 0 spiro atoms. The Bertz CT molecular complexity index is 2860. The predicted molar refractivity (Wildman–Crippen MR) is 212 cm³/mol. The second-order valence-electron chi connectivity index (χ2n) is 12.9. The molecule has 0 aliphatic rings. The first-order chi connectivity index (χ1) is 24.8. The number of furan rings is 1. The van der Waals surface area contributed by atoms with E-state index in [0.717, 1.165) is 44.4 Å². The lowest BCUT2D eigenvalue weighted by Crippen LogP contribution is -2.10. The van der Waals surface area contributed by atoms with Crippen LogP contribution in [0.1, 0.15) is 0 Å². The van der Waals surface area contributed by atoms with Crippen molar-refractivity contribution in [1.29, 1.82) is 0 Å². The maximum Gasteiger partial charge on any atom is 0.143 e. The van der Waals surface area contributed by atoms with Crippen molar-refractivity contribution in [3.63, 3.8) is 0 Å². The van der Waals surface area contributed by atoms with E-state index in [0.29, 0.717) is 0 Å². The van der Waals surface area contributed by atoms with Crippen LogP contribution in [0.2, 0.25) is 0 Å². The lowest BCUT2D eigenvalue weighted by Gasteiger charge is -2.27. The minimum atomic E-state index is 0.918. The summed E-state index contributed by atoms with van der Waals surface area (Å²) >= 11 is 0. The summed E-state index contributed by atoms with van der Waals surface area (Å²) in [7, 11) is 0. The molecule has 0 saturated carbocycles. The highest BCUT2D eigenvalue weighted by Crippen LogP contribution is 2.43.